The summed E-state index contributed by atoms with van der Waals surface area (Å²) in [6.45, 7) is 0.556. The lowest BCUT2D eigenvalue weighted by Gasteiger charge is -2.11. The van der Waals surface area contributed by atoms with Gasteiger partial charge in [0.2, 0.25) is 0 Å². The average Bonchev–Trinajstić information content (AvgIpc) is 2.96. The van der Waals surface area contributed by atoms with E-state index >= 15 is 0 Å². The number of hydrogen-bond acceptors (Lipinski definition) is 2. The molecule has 1 fully saturated rings. The van der Waals surface area contributed by atoms with Crippen molar-refractivity contribution in [3.8, 4) is 0 Å². The summed E-state index contributed by atoms with van der Waals surface area (Å²) < 4.78 is 1.59. The molecule has 1 saturated carbocycles. The van der Waals surface area contributed by atoms with Crippen molar-refractivity contribution in [2.45, 2.75) is 38.1 Å². The van der Waals surface area contributed by atoms with Gasteiger partial charge in [-0.15, -0.1) is 0 Å². The van der Waals surface area contributed by atoms with Crippen molar-refractivity contribution >= 4 is 0 Å². The van der Waals surface area contributed by atoms with Crippen LogP contribution in [0.3, 0.4) is 0 Å². The zero-order valence-corrected chi connectivity index (χ0v) is 11.0. The van der Waals surface area contributed by atoms with E-state index in [2.05, 4.69) is 5.10 Å². The molecule has 19 heavy (non-hydrogen) atoms. The zero-order chi connectivity index (χ0) is 13.1. The second-order valence-electron chi connectivity index (χ2n) is 5.22. The van der Waals surface area contributed by atoms with Gasteiger partial charge in [-0.25, -0.2) is 4.68 Å². The smallest absolute Gasteiger partial charge is 0.267 e. The van der Waals surface area contributed by atoms with Crippen LogP contribution in [0.5, 0.6) is 0 Å². The van der Waals surface area contributed by atoms with Gasteiger partial charge in [0.15, 0.2) is 0 Å². The first-order valence-corrected chi connectivity index (χ1v) is 6.94. The van der Waals surface area contributed by atoms with Gasteiger partial charge < -0.3 is 0 Å². The van der Waals surface area contributed by atoms with E-state index in [1.165, 1.54) is 12.8 Å². The summed E-state index contributed by atoms with van der Waals surface area (Å²) in [6.07, 6.45) is 6.53. The molecule has 0 atom stereocenters. The highest BCUT2D eigenvalue weighted by Crippen LogP contribution is 2.31. The lowest BCUT2D eigenvalue weighted by molar-refractivity contribution is 0.606. The predicted molar refractivity (Wildman–Crippen MR) is 75.3 cm³/mol. The maximum Gasteiger partial charge on any atom is 0.270 e. The van der Waals surface area contributed by atoms with Crippen LogP contribution in [-0.2, 0) is 6.54 Å². The van der Waals surface area contributed by atoms with E-state index in [4.69, 9.17) is 0 Å². The Morgan fingerprint density at radius 3 is 2.58 bits per heavy atom. The molecular weight excluding hydrogens is 236 g/mol. The summed E-state index contributed by atoms with van der Waals surface area (Å²) in [5.74, 6) is 0.442. The number of rotatable bonds is 3. The van der Waals surface area contributed by atoms with Gasteiger partial charge >= 0.3 is 0 Å². The van der Waals surface area contributed by atoms with E-state index in [1.54, 1.807) is 10.9 Å². The molecule has 98 valence electrons. The third-order valence-corrected chi connectivity index (χ3v) is 3.91. The summed E-state index contributed by atoms with van der Waals surface area (Å²) in [5, 5.41) is 4.21. The van der Waals surface area contributed by atoms with E-state index in [0.717, 1.165) is 24.0 Å². The van der Waals surface area contributed by atoms with Crippen LogP contribution in [-0.4, -0.2) is 9.78 Å². The third-order valence-electron chi connectivity index (χ3n) is 3.91. The first-order chi connectivity index (χ1) is 9.34. The Morgan fingerprint density at radius 1 is 1.11 bits per heavy atom. The highest BCUT2D eigenvalue weighted by molar-refractivity contribution is 5.18. The Kier molecular flexibility index (Phi) is 3.45. The minimum absolute atomic E-state index is 0.0817. The SMILES string of the molecule is O=c1c(C2CCCC2)ccnn1Cc1ccccc1. The van der Waals surface area contributed by atoms with Crippen molar-refractivity contribution in [2.75, 3.05) is 0 Å². The maximum absolute atomic E-state index is 12.5. The second-order valence-corrected chi connectivity index (χ2v) is 5.22. The minimum atomic E-state index is 0.0817. The van der Waals surface area contributed by atoms with Crippen LogP contribution in [0.15, 0.2) is 47.4 Å². The van der Waals surface area contributed by atoms with E-state index in [-0.39, 0.29) is 5.56 Å². The minimum Gasteiger partial charge on any atom is -0.267 e. The van der Waals surface area contributed by atoms with Crippen LogP contribution in [0.25, 0.3) is 0 Å². The lowest BCUT2D eigenvalue weighted by atomic mass is 10.00. The number of hydrogen-bond donors (Lipinski definition) is 0. The van der Waals surface area contributed by atoms with Crippen LogP contribution in [0.1, 0.15) is 42.7 Å². The normalized spacial score (nSPS) is 15.8. The Hall–Kier alpha value is -1.90. The zero-order valence-electron chi connectivity index (χ0n) is 11.0. The molecule has 0 aliphatic heterocycles. The first-order valence-electron chi connectivity index (χ1n) is 6.94. The Morgan fingerprint density at radius 2 is 1.84 bits per heavy atom. The van der Waals surface area contributed by atoms with Crippen molar-refractivity contribution in [2.24, 2.45) is 0 Å². The molecule has 2 aromatic rings. The fraction of sp³-hybridized carbons (Fsp3) is 0.375. The second kappa shape index (κ2) is 5.39. The fourth-order valence-corrected chi connectivity index (χ4v) is 2.88. The lowest BCUT2D eigenvalue weighted by Crippen LogP contribution is -2.27. The molecule has 0 saturated heterocycles. The standard InChI is InChI=1S/C16H18N2O/c19-16-15(14-8-4-5-9-14)10-11-17-18(16)12-13-6-2-1-3-7-13/h1-3,6-7,10-11,14H,4-5,8-9,12H2. The van der Waals surface area contributed by atoms with Gasteiger partial charge in [0.05, 0.1) is 6.54 Å². The summed E-state index contributed by atoms with van der Waals surface area (Å²) in [6, 6.07) is 11.9. The highest BCUT2D eigenvalue weighted by Gasteiger charge is 2.20. The molecule has 3 nitrogen and oxygen atoms in total. The van der Waals surface area contributed by atoms with E-state index in [0.29, 0.717) is 12.5 Å². The van der Waals surface area contributed by atoms with Crippen LogP contribution in [0.4, 0.5) is 0 Å². The van der Waals surface area contributed by atoms with E-state index in [1.807, 2.05) is 36.4 Å². The van der Waals surface area contributed by atoms with E-state index in [9.17, 15) is 4.79 Å². The molecule has 0 N–H and O–H groups in total. The summed E-state index contributed by atoms with van der Waals surface area (Å²) >= 11 is 0. The molecular formula is C16H18N2O. The molecule has 1 aromatic heterocycles. The van der Waals surface area contributed by atoms with Gasteiger partial charge in [-0.05, 0) is 30.4 Å². The molecule has 0 amide bonds. The first kappa shape index (κ1) is 12.2. The third kappa shape index (κ3) is 2.60. The Bertz CT molecular complexity index is 598. The molecule has 3 heteroatoms. The molecule has 1 aromatic carbocycles. The van der Waals surface area contributed by atoms with Crippen molar-refractivity contribution in [1.29, 1.82) is 0 Å². The van der Waals surface area contributed by atoms with Gasteiger partial charge in [-0.3, -0.25) is 4.79 Å². The van der Waals surface area contributed by atoms with Gasteiger partial charge in [0, 0.05) is 11.8 Å². The average molecular weight is 254 g/mol. The predicted octanol–water partition coefficient (Wildman–Crippen LogP) is 2.95. The highest BCUT2D eigenvalue weighted by atomic mass is 16.1. The molecule has 1 aliphatic rings. The Balaban J connectivity index is 1.90. The molecule has 3 rings (SSSR count). The van der Waals surface area contributed by atoms with Gasteiger partial charge in [-0.1, -0.05) is 43.2 Å². The van der Waals surface area contributed by atoms with Crippen LogP contribution >= 0.6 is 0 Å². The van der Waals surface area contributed by atoms with Crippen molar-refractivity contribution in [1.82, 2.24) is 9.78 Å². The van der Waals surface area contributed by atoms with E-state index < -0.39 is 0 Å². The van der Waals surface area contributed by atoms with Gasteiger partial charge in [0.25, 0.3) is 5.56 Å². The molecule has 0 spiro atoms. The topological polar surface area (TPSA) is 34.9 Å². The number of nitrogens with zero attached hydrogens (tertiary/aromatic N) is 2. The van der Waals surface area contributed by atoms with Crippen molar-refractivity contribution in [3.63, 3.8) is 0 Å². The van der Waals surface area contributed by atoms with Crippen LogP contribution in [0.2, 0.25) is 0 Å². The van der Waals surface area contributed by atoms with Crippen LogP contribution in [0, 0.1) is 0 Å². The summed E-state index contributed by atoms with van der Waals surface area (Å²) in [5.41, 5.74) is 2.14. The Labute approximate surface area is 112 Å². The molecule has 0 bridgehead atoms. The molecule has 1 heterocycles. The fourth-order valence-electron chi connectivity index (χ4n) is 2.88. The molecule has 0 radical (unpaired) electrons. The summed E-state index contributed by atoms with van der Waals surface area (Å²) in [4.78, 5) is 12.5. The van der Waals surface area contributed by atoms with Crippen molar-refractivity contribution < 1.29 is 0 Å². The summed E-state index contributed by atoms with van der Waals surface area (Å²) in [7, 11) is 0. The quantitative estimate of drug-likeness (QED) is 0.844. The van der Waals surface area contributed by atoms with Gasteiger partial charge in [-0.2, -0.15) is 5.10 Å². The van der Waals surface area contributed by atoms with Gasteiger partial charge in [0.1, 0.15) is 0 Å². The van der Waals surface area contributed by atoms with Crippen molar-refractivity contribution in [3.05, 3.63) is 64.1 Å². The van der Waals surface area contributed by atoms with Crippen LogP contribution < -0.4 is 5.56 Å². The molecule has 1 aliphatic carbocycles. The molecule has 0 unspecified atom stereocenters. The number of aromatic nitrogens is 2. The number of benzene rings is 1. The monoisotopic (exact) mass is 254 g/mol. The largest absolute Gasteiger partial charge is 0.270 e. The maximum atomic E-state index is 12.5.